The molecule has 0 aromatic carbocycles. The molecule has 1 saturated heterocycles. The predicted octanol–water partition coefficient (Wildman–Crippen LogP) is 2.34. The van der Waals surface area contributed by atoms with Crippen LogP contribution in [0.25, 0.3) is 0 Å². The average molecular weight is 273 g/mol. The molecule has 3 rings (SSSR count). The molecule has 0 spiro atoms. The summed E-state index contributed by atoms with van der Waals surface area (Å²) in [7, 11) is 0. The largest absolute Gasteiger partial charge is 0.472 e. The highest BCUT2D eigenvalue weighted by molar-refractivity contribution is 5.93. The second-order valence-electron chi connectivity index (χ2n) is 5.40. The van der Waals surface area contributed by atoms with Gasteiger partial charge in [0.1, 0.15) is 12.1 Å². The van der Waals surface area contributed by atoms with Crippen LogP contribution in [0.2, 0.25) is 0 Å². The van der Waals surface area contributed by atoms with E-state index in [4.69, 9.17) is 4.42 Å². The summed E-state index contributed by atoms with van der Waals surface area (Å²) in [5.74, 6) is 1.60. The molecule has 0 radical (unpaired) electrons. The van der Waals surface area contributed by atoms with Gasteiger partial charge in [-0.2, -0.15) is 0 Å². The third kappa shape index (κ3) is 2.61. The van der Waals surface area contributed by atoms with E-state index in [1.807, 2.05) is 24.2 Å². The van der Waals surface area contributed by atoms with Crippen LogP contribution in [0.1, 0.15) is 29.0 Å². The van der Waals surface area contributed by atoms with Gasteiger partial charge in [0.05, 0.1) is 11.8 Å². The molecule has 5 nitrogen and oxygen atoms in total. The highest BCUT2D eigenvalue weighted by Gasteiger charge is 2.25. The molecule has 5 heteroatoms. The number of aryl methyl sites for hydroxylation is 1. The Morgan fingerprint density at radius 3 is 3.15 bits per heavy atom. The molecule has 2 aromatic rings. The molecule has 3 heterocycles. The van der Waals surface area contributed by atoms with Gasteiger partial charge in [-0.05, 0) is 31.7 Å². The molecule has 106 valence electrons. The minimum absolute atomic E-state index is 0.0748. The fourth-order valence-electron chi connectivity index (χ4n) is 2.84. The topological polar surface area (TPSA) is 51.3 Å². The van der Waals surface area contributed by atoms with E-state index in [1.54, 1.807) is 12.3 Å². The van der Waals surface area contributed by atoms with Crippen molar-refractivity contribution in [1.29, 1.82) is 0 Å². The number of carbonyl (C=O) groups is 1. The summed E-state index contributed by atoms with van der Waals surface area (Å²) in [6.45, 7) is 4.59. The Morgan fingerprint density at radius 1 is 1.55 bits per heavy atom. The maximum Gasteiger partial charge on any atom is 0.257 e. The van der Waals surface area contributed by atoms with Crippen LogP contribution in [-0.4, -0.2) is 33.4 Å². The van der Waals surface area contributed by atoms with Crippen LogP contribution in [-0.2, 0) is 6.54 Å². The first-order chi connectivity index (χ1) is 9.74. The molecule has 1 fully saturated rings. The maximum absolute atomic E-state index is 12.3. The molecular weight excluding hydrogens is 254 g/mol. The first-order valence-electron chi connectivity index (χ1n) is 7.03. The van der Waals surface area contributed by atoms with Crippen LogP contribution in [0, 0.1) is 12.8 Å². The zero-order chi connectivity index (χ0) is 13.9. The second kappa shape index (κ2) is 5.53. The minimum Gasteiger partial charge on any atom is -0.472 e. The molecule has 0 bridgehead atoms. The fourth-order valence-corrected chi connectivity index (χ4v) is 2.84. The number of piperidine rings is 1. The summed E-state index contributed by atoms with van der Waals surface area (Å²) in [5.41, 5.74) is 0.643. The summed E-state index contributed by atoms with van der Waals surface area (Å²) < 4.78 is 7.16. The van der Waals surface area contributed by atoms with Crippen molar-refractivity contribution >= 4 is 5.91 Å². The van der Waals surface area contributed by atoms with Crippen molar-refractivity contribution in [2.75, 3.05) is 13.1 Å². The Kier molecular flexibility index (Phi) is 3.58. The van der Waals surface area contributed by atoms with Gasteiger partial charge in [0.15, 0.2) is 0 Å². The SMILES string of the molecule is Cc1nccn1CC1CCCN(C(=O)c2ccoc2)C1. The lowest BCUT2D eigenvalue weighted by molar-refractivity contribution is 0.0661. The molecule has 0 aliphatic carbocycles. The summed E-state index contributed by atoms with van der Waals surface area (Å²) in [4.78, 5) is 18.5. The second-order valence-corrected chi connectivity index (χ2v) is 5.40. The van der Waals surface area contributed by atoms with Gasteiger partial charge >= 0.3 is 0 Å². The monoisotopic (exact) mass is 273 g/mol. The van der Waals surface area contributed by atoms with Gasteiger partial charge in [-0.3, -0.25) is 4.79 Å². The molecule has 2 aromatic heterocycles. The van der Waals surface area contributed by atoms with Gasteiger partial charge in [0, 0.05) is 32.0 Å². The summed E-state index contributed by atoms with van der Waals surface area (Å²) in [5, 5.41) is 0. The number of likely N-dealkylation sites (tertiary alicyclic amines) is 1. The standard InChI is InChI=1S/C15H19N3O2/c1-12-16-5-7-17(12)9-13-3-2-6-18(10-13)15(19)14-4-8-20-11-14/h4-5,7-8,11,13H,2-3,6,9-10H2,1H3. The molecule has 1 atom stereocenters. The Bertz CT molecular complexity index is 574. The van der Waals surface area contributed by atoms with Crippen molar-refractivity contribution in [3.8, 4) is 0 Å². The van der Waals surface area contributed by atoms with E-state index >= 15 is 0 Å². The van der Waals surface area contributed by atoms with E-state index in [0.29, 0.717) is 11.5 Å². The van der Waals surface area contributed by atoms with Crippen LogP contribution in [0.4, 0.5) is 0 Å². The van der Waals surface area contributed by atoms with Gasteiger partial charge in [0.25, 0.3) is 5.91 Å². The first kappa shape index (κ1) is 13.0. The zero-order valence-electron chi connectivity index (χ0n) is 11.7. The van der Waals surface area contributed by atoms with Gasteiger partial charge < -0.3 is 13.9 Å². The molecule has 0 saturated carbocycles. The Balaban J connectivity index is 1.65. The number of hydrogen-bond acceptors (Lipinski definition) is 3. The van der Waals surface area contributed by atoms with Crippen LogP contribution in [0.3, 0.4) is 0 Å². The van der Waals surface area contributed by atoms with E-state index in [9.17, 15) is 4.79 Å². The van der Waals surface area contributed by atoms with Crippen molar-refractivity contribution in [1.82, 2.24) is 14.5 Å². The third-order valence-corrected chi connectivity index (χ3v) is 3.95. The number of aromatic nitrogens is 2. The number of rotatable bonds is 3. The van der Waals surface area contributed by atoms with Gasteiger partial charge in [-0.1, -0.05) is 0 Å². The van der Waals surface area contributed by atoms with E-state index in [2.05, 4.69) is 9.55 Å². The van der Waals surface area contributed by atoms with Crippen LogP contribution in [0.5, 0.6) is 0 Å². The number of hydrogen-bond donors (Lipinski definition) is 0. The third-order valence-electron chi connectivity index (χ3n) is 3.95. The smallest absolute Gasteiger partial charge is 0.257 e. The highest BCUT2D eigenvalue weighted by atomic mass is 16.3. The maximum atomic E-state index is 12.3. The molecular formula is C15H19N3O2. The summed E-state index contributed by atoms with van der Waals surface area (Å²) >= 11 is 0. The molecule has 0 N–H and O–H groups in total. The molecule has 1 aliphatic heterocycles. The Morgan fingerprint density at radius 2 is 2.45 bits per heavy atom. The van der Waals surface area contributed by atoms with E-state index in [-0.39, 0.29) is 5.91 Å². The molecule has 20 heavy (non-hydrogen) atoms. The van der Waals surface area contributed by atoms with E-state index in [1.165, 1.54) is 6.26 Å². The van der Waals surface area contributed by atoms with Gasteiger partial charge in [0.2, 0.25) is 0 Å². The van der Waals surface area contributed by atoms with Crippen molar-refractivity contribution in [3.05, 3.63) is 42.4 Å². The number of furan rings is 1. The normalized spacial score (nSPS) is 19.2. The van der Waals surface area contributed by atoms with E-state index < -0.39 is 0 Å². The lowest BCUT2D eigenvalue weighted by Crippen LogP contribution is -2.41. The van der Waals surface area contributed by atoms with Gasteiger partial charge in [-0.15, -0.1) is 0 Å². The van der Waals surface area contributed by atoms with Crippen LogP contribution in [0.15, 0.2) is 35.4 Å². The van der Waals surface area contributed by atoms with Crippen LogP contribution >= 0.6 is 0 Å². The lowest BCUT2D eigenvalue weighted by Gasteiger charge is -2.32. The molecule has 1 amide bonds. The van der Waals surface area contributed by atoms with Crippen molar-refractivity contribution in [3.63, 3.8) is 0 Å². The summed E-state index contributed by atoms with van der Waals surface area (Å²) in [6.07, 6.45) is 9.11. The number of amides is 1. The quantitative estimate of drug-likeness (QED) is 0.862. The Hall–Kier alpha value is -2.04. The average Bonchev–Trinajstić information content (AvgIpc) is 3.11. The van der Waals surface area contributed by atoms with Crippen molar-refractivity contribution < 1.29 is 9.21 Å². The highest BCUT2D eigenvalue weighted by Crippen LogP contribution is 2.20. The zero-order valence-corrected chi connectivity index (χ0v) is 11.7. The van der Waals surface area contributed by atoms with E-state index in [0.717, 1.165) is 38.3 Å². The van der Waals surface area contributed by atoms with Crippen LogP contribution < -0.4 is 0 Å². The van der Waals surface area contributed by atoms with Gasteiger partial charge in [-0.25, -0.2) is 4.98 Å². The minimum atomic E-state index is 0.0748. The molecule has 1 aliphatic rings. The molecule has 1 unspecified atom stereocenters. The lowest BCUT2D eigenvalue weighted by atomic mass is 9.97. The summed E-state index contributed by atoms with van der Waals surface area (Å²) in [6, 6.07) is 1.73. The fraction of sp³-hybridized carbons (Fsp3) is 0.467. The van der Waals surface area contributed by atoms with Crippen molar-refractivity contribution in [2.24, 2.45) is 5.92 Å². The number of imidazole rings is 1. The predicted molar refractivity (Wildman–Crippen MR) is 74.3 cm³/mol. The number of nitrogens with zero attached hydrogens (tertiary/aromatic N) is 3. The Labute approximate surface area is 118 Å². The first-order valence-corrected chi connectivity index (χ1v) is 7.03. The number of carbonyl (C=O) groups excluding carboxylic acids is 1. The van der Waals surface area contributed by atoms with Crippen molar-refractivity contribution in [2.45, 2.75) is 26.3 Å².